The van der Waals surface area contributed by atoms with Gasteiger partial charge in [0.25, 0.3) is 11.8 Å². The fourth-order valence-corrected chi connectivity index (χ4v) is 12.5. The molecule has 1 aromatic rings. The second kappa shape index (κ2) is 8.00. The fourth-order valence-electron chi connectivity index (χ4n) is 5.20. The Bertz CT molecular complexity index is 740. The monoisotopic (exact) mass is 415 g/mol. The third-order valence-corrected chi connectivity index (χ3v) is 13.6. The van der Waals surface area contributed by atoms with Gasteiger partial charge in [0.2, 0.25) is 0 Å². The van der Waals surface area contributed by atoms with Crippen molar-refractivity contribution in [2.24, 2.45) is 0 Å². The summed E-state index contributed by atoms with van der Waals surface area (Å²) in [7, 11) is -1.09. The maximum Gasteiger partial charge on any atom is 0.262 e. The van der Waals surface area contributed by atoms with E-state index in [-0.39, 0.29) is 11.8 Å². The van der Waals surface area contributed by atoms with E-state index in [2.05, 4.69) is 27.7 Å². The van der Waals surface area contributed by atoms with Gasteiger partial charge in [-0.1, -0.05) is 73.9 Å². The van der Waals surface area contributed by atoms with Crippen LogP contribution in [0.1, 0.15) is 58.9 Å². The smallest absolute Gasteiger partial charge is 0.262 e. The third-order valence-electron chi connectivity index (χ3n) is 6.72. The minimum absolute atomic E-state index is 0.0318. The number of amides is 2. The molecule has 4 atom stereocenters. The highest BCUT2D eigenvalue weighted by atomic mass is 31.1. The molecule has 2 amide bonds. The second-order valence-corrected chi connectivity index (χ2v) is 14.8. The van der Waals surface area contributed by atoms with Crippen molar-refractivity contribution < 1.29 is 9.59 Å². The molecule has 28 heavy (non-hydrogen) atoms. The van der Waals surface area contributed by atoms with Crippen LogP contribution in [0.25, 0.3) is 0 Å². The van der Waals surface area contributed by atoms with Crippen LogP contribution in [0.2, 0.25) is 0 Å². The number of rotatable bonds is 4. The number of nitrogens with zero attached hydrogens (tertiary/aromatic N) is 1. The van der Waals surface area contributed by atoms with Crippen molar-refractivity contribution in [3.8, 4) is 0 Å². The molecule has 3 heterocycles. The van der Waals surface area contributed by atoms with Gasteiger partial charge >= 0.3 is 0 Å². The number of hydrogen-bond acceptors (Lipinski definition) is 2. The molecule has 3 aliphatic heterocycles. The van der Waals surface area contributed by atoms with Crippen LogP contribution in [0.5, 0.6) is 0 Å². The molecule has 0 bridgehead atoms. The van der Waals surface area contributed by atoms with Crippen LogP contribution in [-0.2, 0) is 16.1 Å². The lowest BCUT2D eigenvalue weighted by Crippen LogP contribution is -2.31. The molecular weight excluding hydrogens is 384 g/mol. The number of carbonyl (C=O) groups is 2. The van der Waals surface area contributed by atoms with E-state index in [0.29, 0.717) is 29.2 Å². The Kier molecular flexibility index (Phi) is 5.78. The van der Waals surface area contributed by atoms with Gasteiger partial charge in [0, 0.05) is 0 Å². The first-order valence-electron chi connectivity index (χ1n) is 10.6. The molecule has 2 fully saturated rings. The van der Waals surface area contributed by atoms with Crippen LogP contribution in [0.15, 0.2) is 41.0 Å². The molecule has 0 unspecified atom stereocenters. The predicted octanol–water partition coefficient (Wildman–Crippen LogP) is 5.87. The SMILES string of the molecule is C[C@@H]1CC[C@@H](C)P1C1=C(P2[C@H](C)CC[C@H]2C)C(=O)N(Cc2ccccc2)C1=O. The quantitative estimate of drug-likeness (QED) is 0.455. The lowest BCUT2D eigenvalue weighted by molar-refractivity contribution is -0.137. The zero-order valence-corrected chi connectivity index (χ0v) is 19.2. The summed E-state index contributed by atoms with van der Waals surface area (Å²) in [5, 5.41) is 1.94. The minimum atomic E-state index is -0.546. The van der Waals surface area contributed by atoms with Crippen molar-refractivity contribution in [3.63, 3.8) is 0 Å². The van der Waals surface area contributed by atoms with Gasteiger partial charge in [0.15, 0.2) is 0 Å². The van der Waals surface area contributed by atoms with Crippen LogP contribution in [-0.4, -0.2) is 39.4 Å². The molecule has 4 rings (SSSR count). The van der Waals surface area contributed by atoms with E-state index in [1.54, 1.807) is 4.90 Å². The molecule has 3 nitrogen and oxygen atoms in total. The molecule has 0 saturated carbocycles. The molecule has 0 aliphatic carbocycles. The molecule has 1 aromatic carbocycles. The van der Waals surface area contributed by atoms with E-state index in [0.717, 1.165) is 16.2 Å². The Hall–Kier alpha value is -1.04. The van der Waals surface area contributed by atoms with Crippen molar-refractivity contribution >= 4 is 27.7 Å². The van der Waals surface area contributed by atoms with Crippen LogP contribution in [0.3, 0.4) is 0 Å². The largest absolute Gasteiger partial charge is 0.270 e. The number of imide groups is 1. The van der Waals surface area contributed by atoms with Gasteiger partial charge in [0.05, 0.1) is 17.2 Å². The Morgan fingerprint density at radius 1 is 0.750 bits per heavy atom. The maximum absolute atomic E-state index is 13.7. The van der Waals surface area contributed by atoms with Crippen LogP contribution < -0.4 is 0 Å². The normalized spacial score (nSPS) is 32.2. The highest BCUT2D eigenvalue weighted by Crippen LogP contribution is 2.70. The summed E-state index contributed by atoms with van der Waals surface area (Å²) in [5.74, 6) is 0.0636. The first-order valence-corrected chi connectivity index (χ1v) is 13.6. The maximum atomic E-state index is 13.7. The molecule has 0 radical (unpaired) electrons. The van der Waals surface area contributed by atoms with Gasteiger partial charge in [-0.2, -0.15) is 0 Å². The lowest BCUT2D eigenvalue weighted by Gasteiger charge is -2.26. The standard InChI is InChI=1S/C23H31NO2P2/c1-15-10-11-16(2)27(15)20-21(28-17(3)12-13-18(28)4)23(26)24(22(20)25)14-19-8-6-5-7-9-19/h5-9,15-18H,10-14H2,1-4H3/t15-,16-,17-,18-/m1/s1. The molecule has 0 aromatic heterocycles. The summed E-state index contributed by atoms with van der Waals surface area (Å²) in [5.41, 5.74) is 3.22. The van der Waals surface area contributed by atoms with Crippen LogP contribution in [0, 0.1) is 0 Å². The van der Waals surface area contributed by atoms with Gasteiger partial charge in [0.1, 0.15) is 0 Å². The molecule has 3 aliphatic rings. The number of benzene rings is 1. The summed E-state index contributed by atoms with van der Waals surface area (Å²) < 4.78 is 0. The summed E-state index contributed by atoms with van der Waals surface area (Å²) >= 11 is 0. The van der Waals surface area contributed by atoms with E-state index in [9.17, 15) is 9.59 Å². The zero-order valence-electron chi connectivity index (χ0n) is 17.4. The summed E-state index contributed by atoms with van der Waals surface area (Å²) in [4.78, 5) is 28.9. The van der Waals surface area contributed by atoms with Gasteiger partial charge in [-0.15, -0.1) is 0 Å². The summed E-state index contributed by atoms with van der Waals surface area (Å²) in [6, 6.07) is 9.95. The van der Waals surface area contributed by atoms with E-state index in [1.165, 1.54) is 25.7 Å². The summed E-state index contributed by atoms with van der Waals surface area (Å²) in [6.07, 6.45) is 4.75. The van der Waals surface area contributed by atoms with E-state index in [1.807, 2.05) is 30.3 Å². The van der Waals surface area contributed by atoms with Crippen LogP contribution >= 0.6 is 15.8 Å². The third kappa shape index (κ3) is 3.40. The topological polar surface area (TPSA) is 37.4 Å². The van der Waals surface area contributed by atoms with Gasteiger partial charge < -0.3 is 0 Å². The fraction of sp³-hybridized carbons (Fsp3) is 0.565. The van der Waals surface area contributed by atoms with Gasteiger partial charge in [-0.25, -0.2) is 0 Å². The van der Waals surface area contributed by atoms with Crippen LogP contribution in [0.4, 0.5) is 0 Å². The first-order chi connectivity index (χ1) is 13.4. The lowest BCUT2D eigenvalue weighted by atomic mass is 10.2. The van der Waals surface area contributed by atoms with Gasteiger partial charge in [-0.05, 0) is 53.9 Å². The van der Waals surface area contributed by atoms with E-state index in [4.69, 9.17) is 0 Å². The molecule has 150 valence electrons. The number of hydrogen-bond donors (Lipinski definition) is 0. The Morgan fingerprint density at radius 3 is 1.54 bits per heavy atom. The number of carbonyl (C=O) groups excluding carboxylic acids is 2. The minimum Gasteiger partial charge on any atom is -0.270 e. The molecule has 2 saturated heterocycles. The Morgan fingerprint density at radius 2 is 1.14 bits per heavy atom. The van der Waals surface area contributed by atoms with E-state index >= 15 is 0 Å². The van der Waals surface area contributed by atoms with Gasteiger partial charge in [-0.3, -0.25) is 14.5 Å². The Balaban J connectivity index is 1.76. The van der Waals surface area contributed by atoms with Crippen molar-refractivity contribution in [3.05, 3.63) is 46.5 Å². The highest BCUT2D eigenvalue weighted by Gasteiger charge is 2.50. The molecular formula is C23H31NO2P2. The van der Waals surface area contributed by atoms with E-state index < -0.39 is 15.8 Å². The van der Waals surface area contributed by atoms with Crippen molar-refractivity contribution in [2.45, 2.75) is 82.6 Å². The van der Waals surface area contributed by atoms with Crippen molar-refractivity contribution in [1.29, 1.82) is 0 Å². The molecule has 0 N–H and O–H groups in total. The average Bonchev–Trinajstić information content (AvgIpc) is 3.26. The Labute approximate surface area is 171 Å². The highest BCUT2D eigenvalue weighted by molar-refractivity contribution is 7.70. The molecule has 0 spiro atoms. The second-order valence-electron chi connectivity index (χ2n) is 8.74. The first kappa shape index (κ1) is 20.2. The zero-order chi connectivity index (χ0) is 20.0. The molecule has 5 heteroatoms. The van der Waals surface area contributed by atoms with Crippen molar-refractivity contribution in [2.75, 3.05) is 0 Å². The van der Waals surface area contributed by atoms with Crippen molar-refractivity contribution in [1.82, 2.24) is 4.90 Å². The summed E-state index contributed by atoms with van der Waals surface area (Å²) in [6.45, 7) is 9.60. The predicted molar refractivity (Wildman–Crippen MR) is 119 cm³/mol. The average molecular weight is 415 g/mol.